The number of carbonyl (C=O) groups excluding carboxylic acids is 1. The van der Waals surface area contributed by atoms with Gasteiger partial charge >= 0.3 is 0 Å². The molecule has 0 unspecified atom stereocenters. The van der Waals surface area contributed by atoms with Gasteiger partial charge < -0.3 is 10.1 Å². The predicted molar refractivity (Wildman–Crippen MR) is 70.1 cm³/mol. The Morgan fingerprint density at radius 2 is 1.67 bits per heavy atom. The molecule has 0 aliphatic carbocycles. The molecule has 1 N–H and O–H groups in total. The molecule has 0 atom stereocenters. The maximum absolute atomic E-state index is 13.3. The van der Waals surface area contributed by atoms with Crippen molar-refractivity contribution in [2.75, 3.05) is 6.61 Å². The third-order valence-electron chi connectivity index (χ3n) is 2.67. The molecule has 0 saturated heterocycles. The second-order valence-electron chi connectivity index (χ2n) is 4.26. The van der Waals surface area contributed by atoms with Gasteiger partial charge in [-0.1, -0.05) is 0 Å². The molecule has 0 aliphatic heterocycles. The summed E-state index contributed by atoms with van der Waals surface area (Å²) in [5, 5.41) is 2.40. The van der Waals surface area contributed by atoms with Gasteiger partial charge in [0.25, 0.3) is 5.91 Å². The molecule has 6 heteroatoms. The fourth-order valence-electron chi connectivity index (χ4n) is 1.60. The third-order valence-corrected chi connectivity index (χ3v) is 2.67. The van der Waals surface area contributed by atoms with E-state index < -0.39 is 23.4 Å². The largest absolute Gasteiger partial charge is 0.484 e. The number of halogens is 3. The van der Waals surface area contributed by atoms with Crippen LogP contribution in [0.4, 0.5) is 13.2 Å². The fourth-order valence-corrected chi connectivity index (χ4v) is 1.60. The van der Waals surface area contributed by atoms with E-state index in [1.807, 2.05) is 0 Å². The molecule has 110 valence electrons. The molecule has 2 aromatic rings. The molecular weight excluding hydrogens is 283 g/mol. The molecule has 2 aromatic carbocycles. The maximum atomic E-state index is 13.3. The lowest BCUT2D eigenvalue weighted by molar-refractivity contribution is -0.123. The molecule has 3 nitrogen and oxygen atoms in total. The van der Waals surface area contributed by atoms with E-state index in [0.717, 1.165) is 18.2 Å². The van der Waals surface area contributed by atoms with Crippen LogP contribution in [0.3, 0.4) is 0 Å². The molecule has 1 amide bonds. The van der Waals surface area contributed by atoms with E-state index in [0.29, 0.717) is 5.75 Å². The second-order valence-corrected chi connectivity index (χ2v) is 4.26. The molecule has 0 saturated carbocycles. The molecule has 0 radical (unpaired) electrons. The summed E-state index contributed by atoms with van der Waals surface area (Å²) in [6, 6.07) is 8.18. The lowest BCUT2D eigenvalue weighted by Gasteiger charge is -2.08. The predicted octanol–water partition coefficient (Wildman–Crippen LogP) is 2.80. The van der Waals surface area contributed by atoms with E-state index in [2.05, 4.69) is 5.32 Å². The highest BCUT2D eigenvalue weighted by molar-refractivity contribution is 5.77. The van der Waals surface area contributed by atoms with E-state index in [9.17, 15) is 18.0 Å². The highest BCUT2D eigenvalue weighted by Gasteiger charge is 2.07. The smallest absolute Gasteiger partial charge is 0.258 e. The van der Waals surface area contributed by atoms with E-state index >= 15 is 0 Å². The zero-order valence-corrected chi connectivity index (χ0v) is 10.9. The highest BCUT2D eigenvalue weighted by Crippen LogP contribution is 2.11. The van der Waals surface area contributed by atoms with Gasteiger partial charge in [-0.25, -0.2) is 13.2 Å². The standard InChI is InChI=1S/C15H12F3NO2/c16-11-1-4-13(5-2-11)21-9-15(20)19-8-10-7-12(17)3-6-14(10)18/h1-7H,8-9H2,(H,19,20). The van der Waals surface area contributed by atoms with E-state index in [1.165, 1.54) is 24.3 Å². The molecule has 0 aromatic heterocycles. The first-order chi connectivity index (χ1) is 10.0. The average molecular weight is 295 g/mol. The topological polar surface area (TPSA) is 38.3 Å². The Labute approximate surface area is 119 Å². The molecule has 0 heterocycles. The highest BCUT2D eigenvalue weighted by atomic mass is 19.1. The van der Waals surface area contributed by atoms with Gasteiger partial charge in [-0.15, -0.1) is 0 Å². The van der Waals surface area contributed by atoms with Gasteiger partial charge in [-0.05, 0) is 42.5 Å². The third kappa shape index (κ3) is 4.52. The summed E-state index contributed by atoms with van der Waals surface area (Å²) in [6.07, 6.45) is 0. The second kappa shape index (κ2) is 6.78. The van der Waals surface area contributed by atoms with Crippen LogP contribution < -0.4 is 10.1 Å². The van der Waals surface area contributed by atoms with Crippen molar-refractivity contribution in [3.8, 4) is 5.75 Å². The Balaban J connectivity index is 1.82. The first kappa shape index (κ1) is 14.9. The number of hydrogen-bond acceptors (Lipinski definition) is 2. The molecule has 0 spiro atoms. The van der Waals surface area contributed by atoms with Crippen molar-refractivity contribution >= 4 is 5.91 Å². The normalized spacial score (nSPS) is 10.2. The van der Waals surface area contributed by atoms with Gasteiger partial charge in [0.15, 0.2) is 6.61 Å². The van der Waals surface area contributed by atoms with Gasteiger partial charge in [-0.3, -0.25) is 4.79 Å². The Bertz CT molecular complexity index is 629. The fraction of sp³-hybridized carbons (Fsp3) is 0.133. The molecule has 2 rings (SSSR count). The zero-order valence-electron chi connectivity index (χ0n) is 10.9. The van der Waals surface area contributed by atoms with Crippen LogP contribution in [0, 0.1) is 17.5 Å². The zero-order chi connectivity index (χ0) is 15.2. The van der Waals surface area contributed by atoms with Gasteiger partial charge in [0.1, 0.15) is 23.2 Å². The number of carbonyl (C=O) groups is 1. The van der Waals surface area contributed by atoms with Crippen molar-refractivity contribution in [1.82, 2.24) is 5.32 Å². The van der Waals surface area contributed by atoms with Crippen molar-refractivity contribution in [1.29, 1.82) is 0 Å². The number of benzene rings is 2. The molecular formula is C15H12F3NO2. The van der Waals surface area contributed by atoms with E-state index in [4.69, 9.17) is 4.74 Å². The molecule has 0 aliphatic rings. The first-order valence-corrected chi connectivity index (χ1v) is 6.13. The minimum absolute atomic E-state index is 0.0464. The van der Waals surface area contributed by atoms with Crippen molar-refractivity contribution in [3.05, 3.63) is 65.5 Å². The van der Waals surface area contributed by atoms with Crippen molar-refractivity contribution < 1.29 is 22.7 Å². The van der Waals surface area contributed by atoms with Crippen molar-refractivity contribution in [3.63, 3.8) is 0 Å². The van der Waals surface area contributed by atoms with Crippen molar-refractivity contribution in [2.24, 2.45) is 0 Å². The van der Waals surface area contributed by atoms with Crippen LogP contribution in [-0.2, 0) is 11.3 Å². The van der Waals surface area contributed by atoms with Gasteiger partial charge in [0, 0.05) is 12.1 Å². The van der Waals surface area contributed by atoms with Crippen LogP contribution in [-0.4, -0.2) is 12.5 Å². The summed E-state index contributed by atoms with van der Waals surface area (Å²) in [4.78, 5) is 11.5. The number of rotatable bonds is 5. The minimum Gasteiger partial charge on any atom is -0.484 e. The first-order valence-electron chi connectivity index (χ1n) is 6.13. The van der Waals surface area contributed by atoms with E-state index in [1.54, 1.807) is 0 Å². The Kier molecular flexibility index (Phi) is 4.81. The van der Waals surface area contributed by atoms with Crippen LogP contribution in [0.25, 0.3) is 0 Å². The molecule has 0 fully saturated rings. The number of amides is 1. The molecule has 0 bridgehead atoms. The van der Waals surface area contributed by atoms with Crippen LogP contribution in [0.1, 0.15) is 5.56 Å². The van der Waals surface area contributed by atoms with E-state index in [-0.39, 0.29) is 18.7 Å². The Hall–Kier alpha value is -2.50. The lowest BCUT2D eigenvalue weighted by Crippen LogP contribution is -2.28. The maximum Gasteiger partial charge on any atom is 0.258 e. The van der Waals surface area contributed by atoms with Crippen LogP contribution >= 0.6 is 0 Å². The molecule has 21 heavy (non-hydrogen) atoms. The van der Waals surface area contributed by atoms with Gasteiger partial charge in [0.2, 0.25) is 0 Å². The number of hydrogen-bond donors (Lipinski definition) is 1. The summed E-state index contributed by atoms with van der Waals surface area (Å²) < 4.78 is 44.0. The Morgan fingerprint density at radius 1 is 1.00 bits per heavy atom. The summed E-state index contributed by atoms with van der Waals surface area (Å²) in [7, 11) is 0. The SMILES string of the molecule is O=C(COc1ccc(F)cc1)NCc1cc(F)ccc1F. The number of nitrogens with one attached hydrogen (secondary N) is 1. The average Bonchev–Trinajstić information content (AvgIpc) is 2.47. The quantitative estimate of drug-likeness (QED) is 0.921. The van der Waals surface area contributed by atoms with Crippen molar-refractivity contribution in [2.45, 2.75) is 6.54 Å². The summed E-state index contributed by atoms with van der Waals surface area (Å²) in [6.45, 7) is -0.447. The summed E-state index contributed by atoms with van der Waals surface area (Å²) in [5.41, 5.74) is 0.0464. The Morgan fingerprint density at radius 3 is 2.38 bits per heavy atom. The van der Waals surface area contributed by atoms with Gasteiger partial charge in [0.05, 0.1) is 0 Å². The number of ether oxygens (including phenoxy) is 1. The van der Waals surface area contributed by atoms with Crippen LogP contribution in [0.15, 0.2) is 42.5 Å². The monoisotopic (exact) mass is 295 g/mol. The van der Waals surface area contributed by atoms with Crippen LogP contribution in [0.5, 0.6) is 5.75 Å². The van der Waals surface area contributed by atoms with Crippen LogP contribution in [0.2, 0.25) is 0 Å². The lowest BCUT2D eigenvalue weighted by atomic mass is 10.2. The summed E-state index contributed by atoms with van der Waals surface area (Å²) in [5.74, 6) is -1.75. The minimum atomic E-state index is -0.601. The van der Waals surface area contributed by atoms with Gasteiger partial charge in [-0.2, -0.15) is 0 Å². The summed E-state index contributed by atoms with van der Waals surface area (Å²) >= 11 is 0.